The lowest BCUT2D eigenvalue weighted by molar-refractivity contribution is -0.115. The number of carbonyl (C=O) groups excluding carboxylic acids is 1. The Hall–Kier alpha value is -2.23. The maximum Gasteiger partial charge on any atom is 0.232 e. The third-order valence-corrected chi connectivity index (χ3v) is 6.85. The van der Waals surface area contributed by atoms with Gasteiger partial charge in [-0.15, -0.1) is 11.3 Å². The molecule has 0 aliphatic rings. The largest absolute Gasteiger partial charge is 0.326 e. The van der Waals surface area contributed by atoms with Crippen molar-refractivity contribution in [2.24, 2.45) is 0 Å². The van der Waals surface area contributed by atoms with Crippen molar-refractivity contribution in [3.05, 3.63) is 63.6 Å². The van der Waals surface area contributed by atoms with Crippen molar-refractivity contribution in [2.45, 2.75) is 20.3 Å². The number of halogens is 1. The zero-order valence-electron chi connectivity index (χ0n) is 15.9. The molecule has 29 heavy (non-hydrogen) atoms. The van der Waals surface area contributed by atoms with E-state index < -0.39 is 10.0 Å². The third kappa shape index (κ3) is 5.88. The molecule has 152 valence electrons. The number of anilines is 2. The Balaban J connectivity index is 1.65. The average Bonchev–Trinajstić information content (AvgIpc) is 3.12. The molecule has 0 spiro atoms. The van der Waals surface area contributed by atoms with Crippen LogP contribution >= 0.6 is 27.3 Å². The minimum Gasteiger partial charge on any atom is -0.326 e. The van der Waals surface area contributed by atoms with Gasteiger partial charge in [0, 0.05) is 21.1 Å². The Morgan fingerprint density at radius 1 is 1.21 bits per heavy atom. The number of rotatable bonds is 7. The molecule has 0 aliphatic heterocycles. The second-order valence-corrected chi connectivity index (χ2v) is 10.2. The van der Waals surface area contributed by atoms with Crippen LogP contribution in [0.5, 0.6) is 0 Å². The number of carbonyl (C=O) groups is 1. The molecule has 0 bridgehead atoms. The highest BCUT2D eigenvalue weighted by molar-refractivity contribution is 9.10. The van der Waals surface area contributed by atoms with Gasteiger partial charge in [-0.2, -0.15) is 0 Å². The van der Waals surface area contributed by atoms with Crippen LogP contribution in [0.1, 0.15) is 18.2 Å². The first-order valence-corrected chi connectivity index (χ1v) is 12.2. The standard InChI is InChI=1S/C20H20BrN3O3S2/c1-3-29(26,27)24-18-8-7-16(9-13(18)2)22-19(25)11-17-12-28-20(23-17)14-5-4-6-15(21)10-14/h4-10,12,24H,3,11H2,1-2H3,(H,22,25). The fourth-order valence-electron chi connectivity index (χ4n) is 2.61. The second kappa shape index (κ2) is 9.06. The normalized spacial score (nSPS) is 11.3. The van der Waals surface area contributed by atoms with Crippen molar-refractivity contribution < 1.29 is 13.2 Å². The molecule has 0 unspecified atom stereocenters. The van der Waals surface area contributed by atoms with Gasteiger partial charge in [0.2, 0.25) is 15.9 Å². The summed E-state index contributed by atoms with van der Waals surface area (Å²) < 4.78 is 26.9. The Morgan fingerprint density at radius 3 is 2.69 bits per heavy atom. The van der Waals surface area contributed by atoms with Crippen molar-refractivity contribution in [1.82, 2.24) is 4.98 Å². The van der Waals surface area contributed by atoms with E-state index in [9.17, 15) is 13.2 Å². The molecule has 0 aliphatic carbocycles. The van der Waals surface area contributed by atoms with E-state index in [1.807, 2.05) is 29.6 Å². The zero-order chi connectivity index (χ0) is 21.0. The van der Waals surface area contributed by atoms with E-state index in [4.69, 9.17) is 0 Å². The SMILES string of the molecule is CCS(=O)(=O)Nc1ccc(NC(=O)Cc2csc(-c3cccc(Br)c3)n2)cc1C. The van der Waals surface area contributed by atoms with Gasteiger partial charge in [-0.05, 0) is 49.7 Å². The lowest BCUT2D eigenvalue weighted by atomic mass is 10.2. The van der Waals surface area contributed by atoms with E-state index in [1.165, 1.54) is 11.3 Å². The summed E-state index contributed by atoms with van der Waals surface area (Å²) >= 11 is 4.94. The Kier molecular flexibility index (Phi) is 6.71. The number of nitrogens with zero attached hydrogens (tertiary/aromatic N) is 1. The monoisotopic (exact) mass is 493 g/mol. The topological polar surface area (TPSA) is 88.2 Å². The molecule has 1 heterocycles. The van der Waals surface area contributed by atoms with Crippen molar-refractivity contribution in [1.29, 1.82) is 0 Å². The highest BCUT2D eigenvalue weighted by Gasteiger charge is 2.12. The number of amides is 1. The molecule has 0 fully saturated rings. The number of benzene rings is 2. The van der Waals surface area contributed by atoms with Gasteiger partial charge in [0.15, 0.2) is 0 Å². The predicted molar refractivity (Wildman–Crippen MR) is 122 cm³/mol. The molecule has 1 aromatic heterocycles. The zero-order valence-corrected chi connectivity index (χ0v) is 19.1. The van der Waals surface area contributed by atoms with Crippen molar-refractivity contribution in [3.63, 3.8) is 0 Å². The van der Waals surface area contributed by atoms with E-state index in [-0.39, 0.29) is 18.1 Å². The van der Waals surface area contributed by atoms with Gasteiger partial charge in [-0.3, -0.25) is 9.52 Å². The lowest BCUT2D eigenvalue weighted by Crippen LogP contribution is -2.16. The Bertz CT molecular complexity index is 1140. The summed E-state index contributed by atoms with van der Waals surface area (Å²) in [5.41, 5.74) is 3.53. The summed E-state index contributed by atoms with van der Waals surface area (Å²) in [6.45, 7) is 3.36. The van der Waals surface area contributed by atoms with E-state index >= 15 is 0 Å². The van der Waals surface area contributed by atoms with Gasteiger partial charge in [0.1, 0.15) is 5.01 Å². The minimum absolute atomic E-state index is 0.000487. The van der Waals surface area contributed by atoms with Crippen LogP contribution in [0, 0.1) is 6.92 Å². The van der Waals surface area contributed by atoms with Crippen LogP contribution in [0.2, 0.25) is 0 Å². The lowest BCUT2D eigenvalue weighted by Gasteiger charge is -2.11. The fourth-order valence-corrected chi connectivity index (χ4v) is 4.53. The molecule has 0 atom stereocenters. The summed E-state index contributed by atoms with van der Waals surface area (Å²) in [4.78, 5) is 16.9. The molecule has 0 saturated carbocycles. The van der Waals surface area contributed by atoms with Crippen LogP contribution in [-0.2, 0) is 21.2 Å². The maximum atomic E-state index is 12.4. The van der Waals surface area contributed by atoms with Gasteiger partial charge < -0.3 is 5.32 Å². The van der Waals surface area contributed by atoms with E-state index in [2.05, 4.69) is 31.0 Å². The van der Waals surface area contributed by atoms with Crippen molar-refractivity contribution in [2.75, 3.05) is 15.8 Å². The summed E-state index contributed by atoms with van der Waals surface area (Å²) in [6, 6.07) is 12.9. The predicted octanol–water partition coefficient (Wildman–Crippen LogP) is 4.82. The van der Waals surface area contributed by atoms with Gasteiger partial charge in [-0.1, -0.05) is 28.1 Å². The number of aryl methyl sites for hydroxylation is 1. The first kappa shape index (κ1) is 21.5. The van der Waals surface area contributed by atoms with Gasteiger partial charge in [0.05, 0.1) is 23.6 Å². The molecular weight excluding hydrogens is 474 g/mol. The van der Waals surface area contributed by atoms with Gasteiger partial charge >= 0.3 is 0 Å². The molecule has 3 rings (SSSR count). The van der Waals surface area contributed by atoms with Crippen LogP contribution in [0.25, 0.3) is 10.6 Å². The highest BCUT2D eigenvalue weighted by atomic mass is 79.9. The summed E-state index contributed by atoms with van der Waals surface area (Å²) in [6.07, 6.45) is 0.160. The molecule has 0 saturated heterocycles. The number of hydrogen-bond acceptors (Lipinski definition) is 5. The fraction of sp³-hybridized carbons (Fsp3) is 0.200. The van der Waals surface area contributed by atoms with Gasteiger partial charge in [-0.25, -0.2) is 13.4 Å². The van der Waals surface area contributed by atoms with Crippen LogP contribution in [0.4, 0.5) is 11.4 Å². The number of hydrogen-bond donors (Lipinski definition) is 2. The number of aromatic nitrogens is 1. The molecule has 2 N–H and O–H groups in total. The maximum absolute atomic E-state index is 12.4. The first-order valence-electron chi connectivity index (χ1n) is 8.87. The molecule has 1 amide bonds. The molecule has 2 aromatic carbocycles. The van der Waals surface area contributed by atoms with Crippen LogP contribution in [0.15, 0.2) is 52.3 Å². The third-order valence-electron chi connectivity index (χ3n) is 4.12. The smallest absolute Gasteiger partial charge is 0.232 e. The molecular formula is C20H20BrN3O3S2. The Morgan fingerprint density at radius 2 is 2.00 bits per heavy atom. The molecule has 3 aromatic rings. The van der Waals surface area contributed by atoms with Crippen LogP contribution in [0.3, 0.4) is 0 Å². The van der Waals surface area contributed by atoms with E-state index in [1.54, 1.807) is 32.0 Å². The van der Waals surface area contributed by atoms with Gasteiger partial charge in [0.25, 0.3) is 0 Å². The second-order valence-electron chi connectivity index (χ2n) is 6.41. The highest BCUT2D eigenvalue weighted by Crippen LogP contribution is 2.26. The minimum atomic E-state index is -3.34. The summed E-state index contributed by atoms with van der Waals surface area (Å²) in [7, 11) is -3.34. The first-order chi connectivity index (χ1) is 13.8. The van der Waals surface area contributed by atoms with E-state index in [0.29, 0.717) is 17.1 Å². The average molecular weight is 494 g/mol. The van der Waals surface area contributed by atoms with Crippen LogP contribution in [-0.4, -0.2) is 25.1 Å². The summed E-state index contributed by atoms with van der Waals surface area (Å²) in [5.74, 6) is -0.182. The molecule has 6 nitrogen and oxygen atoms in total. The van der Waals surface area contributed by atoms with Crippen LogP contribution < -0.4 is 10.0 Å². The van der Waals surface area contributed by atoms with Crippen molar-refractivity contribution >= 4 is 54.6 Å². The number of thiazole rings is 1. The molecule has 9 heteroatoms. The Labute approximate surface area is 182 Å². The number of sulfonamides is 1. The number of nitrogens with one attached hydrogen (secondary N) is 2. The quantitative estimate of drug-likeness (QED) is 0.493. The molecule has 0 radical (unpaired) electrons. The van der Waals surface area contributed by atoms with E-state index in [0.717, 1.165) is 20.6 Å². The van der Waals surface area contributed by atoms with Crippen molar-refractivity contribution in [3.8, 4) is 10.6 Å². The summed E-state index contributed by atoms with van der Waals surface area (Å²) in [5, 5.41) is 5.57.